The molecule has 37 heavy (non-hydrogen) atoms. The number of aliphatic hydroxyl groups excluding tert-OH is 1. The predicted molar refractivity (Wildman–Crippen MR) is 157 cm³/mol. The van der Waals surface area contributed by atoms with Crippen LogP contribution in [0.1, 0.15) is 70.4 Å². The number of nitrogens with one attached hydrogen (secondary N) is 1. The number of hydrogen-bond donors (Lipinski definition) is 2. The number of aliphatic hydroxyl groups is 1. The zero-order valence-corrected chi connectivity index (χ0v) is 24.2. The lowest BCUT2D eigenvalue weighted by Gasteiger charge is -2.22. The Labute approximate surface area is 226 Å². The summed E-state index contributed by atoms with van der Waals surface area (Å²) in [7, 11) is -3.09. The van der Waals surface area contributed by atoms with Crippen LogP contribution in [-0.2, 0) is 14.6 Å². The first kappa shape index (κ1) is 33.0. The molecular formula is C31H49NO4S. The molecule has 1 atom stereocenters. The summed E-state index contributed by atoms with van der Waals surface area (Å²) in [5.74, 6) is 1.06. The van der Waals surface area contributed by atoms with E-state index in [9.17, 15) is 8.42 Å². The first-order valence-electron chi connectivity index (χ1n) is 13.6. The average molecular weight is 532 g/mol. The van der Waals surface area contributed by atoms with Gasteiger partial charge >= 0.3 is 0 Å². The van der Waals surface area contributed by atoms with Crippen LogP contribution in [0.15, 0.2) is 66.1 Å². The van der Waals surface area contributed by atoms with E-state index < -0.39 is 9.84 Å². The summed E-state index contributed by atoms with van der Waals surface area (Å²) in [4.78, 5) is 0.421. The topological polar surface area (TPSA) is 75.6 Å². The number of benzene rings is 2. The van der Waals surface area contributed by atoms with E-state index in [0.717, 1.165) is 32.0 Å². The molecule has 1 heterocycles. The Balaban J connectivity index is 0.000000257. The van der Waals surface area contributed by atoms with Crippen LogP contribution < -0.4 is 5.32 Å². The van der Waals surface area contributed by atoms with Crippen LogP contribution >= 0.6 is 0 Å². The molecule has 4 rings (SSSR count). The summed E-state index contributed by atoms with van der Waals surface area (Å²) in [6, 6.07) is 17.3. The molecule has 208 valence electrons. The lowest BCUT2D eigenvalue weighted by Crippen LogP contribution is -2.36. The Morgan fingerprint density at radius 2 is 1.62 bits per heavy atom. The van der Waals surface area contributed by atoms with Crippen molar-refractivity contribution >= 4 is 15.9 Å². The monoisotopic (exact) mass is 531 g/mol. The van der Waals surface area contributed by atoms with Gasteiger partial charge in [-0.15, -0.1) is 0 Å². The fraction of sp³-hybridized carbons (Fsp3) is 0.548. The average Bonchev–Trinajstić information content (AvgIpc) is 2.92. The van der Waals surface area contributed by atoms with Crippen molar-refractivity contribution in [2.75, 3.05) is 26.4 Å². The van der Waals surface area contributed by atoms with Crippen molar-refractivity contribution in [2.45, 2.75) is 82.4 Å². The lowest BCUT2D eigenvalue weighted by molar-refractivity contribution is 0.0767. The minimum absolute atomic E-state index is 0.233. The standard InChI is InChI=1S/C10H14O2S.C9H10.C7H15NO2.C5H10/c1-3-9(2)13(11,12)10-7-5-4-6-8-10;1-3-9-7-5-4-6-8(9)2;9-4-3-8-7-1-5-10-6-2-7;1-5-3-2-4-5/h4-9H,3H2,1-2H3;3-7H,1H2,2H3;7-9H,1-6H2;5H,2-4H2,1H3. The number of sulfone groups is 1. The van der Waals surface area contributed by atoms with E-state index in [0.29, 0.717) is 23.9 Å². The number of rotatable bonds is 7. The normalized spacial score (nSPS) is 16.4. The predicted octanol–water partition coefficient (Wildman–Crippen LogP) is 6.45. The van der Waals surface area contributed by atoms with E-state index in [4.69, 9.17) is 9.84 Å². The third-order valence-corrected chi connectivity index (χ3v) is 9.07. The lowest BCUT2D eigenvalue weighted by atomic mass is 9.88. The van der Waals surface area contributed by atoms with E-state index in [1.807, 2.05) is 31.2 Å². The van der Waals surface area contributed by atoms with Gasteiger partial charge in [0, 0.05) is 25.8 Å². The first-order valence-corrected chi connectivity index (χ1v) is 15.2. The molecule has 1 saturated carbocycles. The van der Waals surface area contributed by atoms with Gasteiger partial charge in [0.15, 0.2) is 9.84 Å². The Bertz CT molecular complexity index is 952. The molecule has 2 aromatic rings. The maximum Gasteiger partial charge on any atom is 0.180 e. The van der Waals surface area contributed by atoms with Gasteiger partial charge in [-0.3, -0.25) is 0 Å². The fourth-order valence-electron chi connectivity index (χ4n) is 3.66. The van der Waals surface area contributed by atoms with Gasteiger partial charge in [-0.1, -0.05) is 88.2 Å². The minimum Gasteiger partial charge on any atom is -0.395 e. The third kappa shape index (κ3) is 13.4. The van der Waals surface area contributed by atoms with Crippen molar-refractivity contribution < 1.29 is 18.3 Å². The molecule has 5 nitrogen and oxygen atoms in total. The second-order valence-corrected chi connectivity index (χ2v) is 12.1. The van der Waals surface area contributed by atoms with Crippen molar-refractivity contribution in [3.8, 4) is 0 Å². The van der Waals surface area contributed by atoms with Gasteiger partial charge in [0.05, 0.1) is 16.8 Å². The second-order valence-electron chi connectivity index (χ2n) is 9.74. The second kappa shape index (κ2) is 19.1. The van der Waals surface area contributed by atoms with E-state index in [1.165, 1.54) is 30.4 Å². The molecule has 1 aliphatic carbocycles. The van der Waals surface area contributed by atoms with E-state index in [2.05, 4.69) is 37.9 Å². The quantitative estimate of drug-likeness (QED) is 0.429. The van der Waals surface area contributed by atoms with E-state index >= 15 is 0 Å². The van der Waals surface area contributed by atoms with Crippen LogP contribution in [0.4, 0.5) is 0 Å². The Kier molecular flexibility index (Phi) is 17.1. The molecule has 0 aromatic heterocycles. The molecule has 2 aliphatic rings. The molecule has 0 spiro atoms. The molecular weight excluding hydrogens is 482 g/mol. The van der Waals surface area contributed by atoms with Crippen LogP contribution in [-0.4, -0.2) is 51.2 Å². The zero-order chi connectivity index (χ0) is 27.5. The number of ether oxygens (including phenoxy) is 1. The van der Waals surface area contributed by atoms with Crippen LogP contribution in [0.3, 0.4) is 0 Å². The van der Waals surface area contributed by atoms with Crippen LogP contribution in [0, 0.1) is 12.8 Å². The molecule has 2 fully saturated rings. The highest BCUT2D eigenvalue weighted by Gasteiger charge is 2.20. The maximum absolute atomic E-state index is 11.8. The van der Waals surface area contributed by atoms with E-state index in [1.54, 1.807) is 31.2 Å². The summed E-state index contributed by atoms with van der Waals surface area (Å²) in [6.45, 7) is 14.4. The van der Waals surface area contributed by atoms with Gasteiger partial charge in [-0.05, 0) is 62.3 Å². The van der Waals surface area contributed by atoms with Crippen LogP contribution in [0.2, 0.25) is 0 Å². The largest absolute Gasteiger partial charge is 0.395 e. The SMILES string of the molecule is C=Cc1ccccc1C.CC1CCC1.CCC(C)S(=O)(=O)c1ccccc1.OCCNC1CCOCC1. The molecule has 1 saturated heterocycles. The molecule has 0 bridgehead atoms. The van der Waals surface area contributed by atoms with Gasteiger partial charge in [0.1, 0.15) is 0 Å². The summed E-state index contributed by atoms with van der Waals surface area (Å²) in [5, 5.41) is 11.4. The van der Waals surface area contributed by atoms with Gasteiger partial charge in [0.25, 0.3) is 0 Å². The third-order valence-electron chi connectivity index (χ3n) is 6.74. The van der Waals surface area contributed by atoms with Gasteiger partial charge < -0.3 is 15.2 Å². The highest BCUT2D eigenvalue weighted by Crippen LogP contribution is 2.24. The van der Waals surface area contributed by atoms with E-state index in [-0.39, 0.29) is 11.9 Å². The molecule has 0 amide bonds. The summed E-state index contributed by atoms with van der Waals surface area (Å²) < 4.78 is 28.7. The highest BCUT2D eigenvalue weighted by molar-refractivity contribution is 7.92. The van der Waals surface area contributed by atoms with Gasteiger partial charge in [0.2, 0.25) is 0 Å². The number of aryl methyl sites for hydroxylation is 1. The summed E-state index contributed by atoms with van der Waals surface area (Å²) in [5.41, 5.74) is 2.50. The first-order chi connectivity index (χ1) is 17.8. The Morgan fingerprint density at radius 1 is 1.05 bits per heavy atom. The highest BCUT2D eigenvalue weighted by atomic mass is 32.2. The van der Waals surface area contributed by atoms with Crippen molar-refractivity contribution in [1.82, 2.24) is 5.32 Å². The molecule has 0 radical (unpaired) electrons. The maximum atomic E-state index is 11.8. The number of hydrogen-bond acceptors (Lipinski definition) is 5. The molecule has 1 aliphatic heterocycles. The summed E-state index contributed by atoms with van der Waals surface area (Å²) in [6.07, 6.45) is 9.15. The minimum atomic E-state index is -3.09. The van der Waals surface area contributed by atoms with Crippen molar-refractivity contribution in [2.24, 2.45) is 5.92 Å². The van der Waals surface area contributed by atoms with Gasteiger partial charge in [-0.25, -0.2) is 8.42 Å². The fourth-order valence-corrected chi connectivity index (χ4v) is 5.10. The molecule has 1 unspecified atom stereocenters. The van der Waals surface area contributed by atoms with Crippen LogP contribution in [0.5, 0.6) is 0 Å². The molecule has 2 N–H and O–H groups in total. The van der Waals surface area contributed by atoms with Crippen LogP contribution in [0.25, 0.3) is 6.08 Å². The summed E-state index contributed by atoms with van der Waals surface area (Å²) >= 11 is 0. The van der Waals surface area contributed by atoms with Crippen molar-refractivity contribution in [1.29, 1.82) is 0 Å². The van der Waals surface area contributed by atoms with Crippen molar-refractivity contribution in [3.63, 3.8) is 0 Å². The molecule has 6 heteroatoms. The Morgan fingerprint density at radius 3 is 2.05 bits per heavy atom. The Hall–Kier alpha value is -1.99. The zero-order valence-electron chi connectivity index (χ0n) is 23.4. The van der Waals surface area contributed by atoms with Crippen molar-refractivity contribution in [3.05, 3.63) is 72.3 Å². The van der Waals surface area contributed by atoms with Gasteiger partial charge in [-0.2, -0.15) is 0 Å². The smallest absolute Gasteiger partial charge is 0.180 e. The molecule has 2 aromatic carbocycles.